The van der Waals surface area contributed by atoms with Crippen molar-refractivity contribution < 1.29 is 19.5 Å². The monoisotopic (exact) mass is 752 g/mol. The van der Waals surface area contributed by atoms with Crippen molar-refractivity contribution in [1.29, 1.82) is 0 Å². The Morgan fingerprint density at radius 3 is 1.24 bits per heavy atom. The number of unbranched alkanes of at least 4 members (excludes halogenated alkanes) is 6. The summed E-state index contributed by atoms with van der Waals surface area (Å²) in [4.78, 5) is 7.97. The molecule has 0 aliphatic carbocycles. The molecule has 0 aromatic carbocycles. The van der Waals surface area contributed by atoms with Crippen LogP contribution in [0.5, 0.6) is 0 Å². The van der Waals surface area contributed by atoms with Gasteiger partial charge in [-0.3, -0.25) is 0 Å². The first-order valence-electron chi connectivity index (χ1n) is 18.4. The molecule has 4 aromatic heterocycles. The Labute approximate surface area is 320 Å². The van der Waals surface area contributed by atoms with Gasteiger partial charge >= 0.3 is 15.0 Å². The normalized spacial score (nSPS) is 13.0. The number of hydrogen-bond acceptors (Lipinski definition) is 8. The summed E-state index contributed by atoms with van der Waals surface area (Å²) in [7, 11) is 3.60. The second-order valence-corrected chi connectivity index (χ2v) is 19.9. The topological polar surface area (TPSA) is 58.9 Å². The van der Waals surface area contributed by atoms with Gasteiger partial charge in [-0.25, -0.2) is 0 Å². The molecule has 0 atom stereocenters. The molecule has 0 amide bonds. The van der Waals surface area contributed by atoms with E-state index in [2.05, 4.69) is 50.2 Å². The number of rotatable bonds is 21. The molecule has 50 heavy (non-hydrogen) atoms. The van der Waals surface area contributed by atoms with Gasteiger partial charge < -0.3 is 19.5 Å². The van der Waals surface area contributed by atoms with Gasteiger partial charge in [-0.15, -0.1) is 45.3 Å². The summed E-state index contributed by atoms with van der Waals surface area (Å²) < 4.78 is 14.3. The quantitative estimate of drug-likeness (QED) is 0.0657. The first-order valence-corrected chi connectivity index (χ1v) is 21.7. The Morgan fingerprint density at radius 1 is 0.520 bits per heavy atom. The number of aliphatic hydroxyl groups is 2. The lowest BCUT2D eigenvalue weighted by Gasteiger charge is -2.37. The Morgan fingerprint density at radius 2 is 0.900 bits per heavy atom. The van der Waals surface area contributed by atoms with Crippen molar-refractivity contribution in [2.24, 2.45) is 0 Å². The molecule has 0 bridgehead atoms. The van der Waals surface area contributed by atoms with Crippen LogP contribution in [0.3, 0.4) is 0 Å². The van der Waals surface area contributed by atoms with Gasteiger partial charge in [0.05, 0.1) is 22.4 Å². The molecule has 0 saturated carbocycles. The first kappa shape index (κ1) is 41.5. The van der Waals surface area contributed by atoms with Crippen LogP contribution in [0.25, 0.3) is 29.3 Å². The lowest BCUT2D eigenvalue weighted by molar-refractivity contribution is -0.0892. The third kappa shape index (κ3) is 10.9. The molecule has 0 spiro atoms. The summed E-state index contributed by atoms with van der Waals surface area (Å²) in [5.41, 5.74) is -0.403. The fraction of sp³-hybridized carbons (Fsp3) is 0.600. The average Bonchev–Trinajstić information content (AvgIpc) is 3.84. The van der Waals surface area contributed by atoms with Gasteiger partial charge in [0.15, 0.2) is 0 Å². The smallest absolute Gasteiger partial charge is 0.341 e. The van der Waals surface area contributed by atoms with Gasteiger partial charge in [-0.2, -0.15) is 0 Å². The number of aryl methyl sites for hydroxylation is 2. The van der Waals surface area contributed by atoms with Gasteiger partial charge in [-0.05, 0) is 116 Å². The first-order chi connectivity index (χ1) is 23.5. The molecule has 272 valence electrons. The predicted octanol–water partition coefficient (Wildman–Crippen LogP) is 10.8. The highest BCUT2D eigenvalue weighted by Crippen LogP contribution is 2.47. The maximum absolute atomic E-state index is 10.6. The second kappa shape index (κ2) is 17.7. The molecule has 0 aliphatic rings. The predicted molar refractivity (Wildman–Crippen MR) is 224 cm³/mol. The van der Waals surface area contributed by atoms with Gasteiger partial charge in [0.25, 0.3) is 0 Å². The van der Waals surface area contributed by atoms with Crippen molar-refractivity contribution in [2.45, 2.75) is 156 Å². The van der Waals surface area contributed by atoms with Crippen molar-refractivity contribution >= 4 is 69.9 Å². The minimum atomic E-state index is -0.961. The van der Waals surface area contributed by atoms with E-state index in [4.69, 9.17) is 9.31 Å². The maximum atomic E-state index is 10.6. The third-order valence-corrected chi connectivity index (χ3v) is 15.0. The molecule has 0 saturated heterocycles. The SMILES string of the molecule is CCCCCCc1cc(-c2ccc([B]OC(C)(C)C(C)(C)O)s2)sc1-c1sc(-c2ccc([B]OC(C)(C)C(C)(C)O)s2)cc1CCCCCC. The molecule has 0 unspecified atom stereocenters. The minimum Gasteiger partial charge on any atom is -0.426 e. The van der Waals surface area contributed by atoms with Crippen LogP contribution in [-0.2, 0) is 22.2 Å². The lowest BCUT2D eigenvalue weighted by atomic mass is 9.86. The summed E-state index contributed by atoms with van der Waals surface area (Å²) in [5, 5.41) is 21.1. The third-order valence-electron chi connectivity index (χ3n) is 10.0. The zero-order valence-electron chi connectivity index (χ0n) is 32.0. The molecule has 2 N–H and O–H groups in total. The van der Waals surface area contributed by atoms with Gasteiger partial charge in [0.2, 0.25) is 0 Å². The van der Waals surface area contributed by atoms with E-state index in [1.54, 1.807) is 65.3 Å². The number of thiophene rings is 4. The Bertz CT molecular complexity index is 1510. The van der Waals surface area contributed by atoms with E-state index < -0.39 is 22.4 Å². The lowest BCUT2D eigenvalue weighted by Crippen LogP contribution is -2.49. The molecule has 4 aromatic rings. The Kier molecular flexibility index (Phi) is 14.7. The molecule has 4 nitrogen and oxygen atoms in total. The summed E-state index contributed by atoms with van der Waals surface area (Å²) in [6.45, 7) is 19.4. The molecule has 0 fully saturated rings. The molecule has 2 radical (unpaired) electrons. The van der Waals surface area contributed by atoms with Crippen LogP contribution in [0.1, 0.15) is 132 Å². The van der Waals surface area contributed by atoms with Crippen LogP contribution in [0.15, 0.2) is 36.4 Å². The summed E-state index contributed by atoms with van der Waals surface area (Å²) in [6, 6.07) is 13.6. The zero-order valence-corrected chi connectivity index (χ0v) is 35.3. The molecule has 0 aliphatic heterocycles. The minimum absolute atomic E-state index is 0.704. The molecular formula is C40H58B2O4S4. The van der Waals surface area contributed by atoms with E-state index in [-0.39, 0.29) is 0 Å². The van der Waals surface area contributed by atoms with Crippen LogP contribution in [0.2, 0.25) is 0 Å². The van der Waals surface area contributed by atoms with Gasteiger partial charge in [0, 0.05) is 38.8 Å². The van der Waals surface area contributed by atoms with Gasteiger partial charge in [0.1, 0.15) is 0 Å². The van der Waals surface area contributed by atoms with Crippen LogP contribution in [-0.4, -0.2) is 47.6 Å². The van der Waals surface area contributed by atoms with Crippen molar-refractivity contribution in [2.75, 3.05) is 0 Å². The van der Waals surface area contributed by atoms with Crippen LogP contribution in [0.4, 0.5) is 0 Å². The fourth-order valence-corrected chi connectivity index (χ4v) is 9.66. The van der Waals surface area contributed by atoms with Crippen molar-refractivity contribution in [1.82, 2.24) is 0 Å². The van der Waals surface area contributed by atoms with Crippen LogP contribution < -0.4 is 9.55 Å². The second-order valence-electron chi connectivity index (χ2n) is 15.6. The summed E-state index contributed by atoms with van der Waals surface area (Å²) in [5.74, 6) is 0. The van der Waals surface area contributed by atoms with E-state index in [9.17, 15) is 10.2 Å². The zero-order chi connectivity index (χ0) is 36.7. The maximum Gasteiger partial charge on any atom is 0.341 e. The average molecular weight is 753 g/mol. The van der Waals surface area contributed by atoms with E-state index >= 15 is 0 Å². The largest absolute Gasteiger partial charge is 0.426 e. The molecule has 10 heteroatoms. The highest BCUT2D eigenvalue weighted by molar-refractivity contribution is 7.31. The Balaban J connectivity index is 1.66. The van der Waals surface area contributed by atoms with Crippen molar-refractivity contribution in [3.8, 4) is 29.3 Å². The van der Waals surface area contributed by atoms with E-state index in [0.717, 1.165) is 22.4 Å². The van der Waals surface area contributed by atoms with Crippen molar-refractivity contribution in [3.63, 3.8) is 0 Å². The van der Waals surface area contributed by atoms with E-state index in [0.29, 0.717) is 0 Å². The summed E-state index contributed by atoms with van der Waals surface area (Å²) in [6.07, 6.45) is 12.1. The highest BCUT2D eigenvalue weighted by atomic mass is 32.1. The molecule has 4 rings (SSSR count). The number of hydrogen-bond donors (Lipinski definition) is 2. The van der Waals surface area contributed by atoms with E-state index in [1.165, 1.54) is 91.8 Å². The van der Waals surface area contributed by atoms with Gasteiger partial charge in [-0.1, -0.05) is 64.5 Å². The Hall–Kier alpha value is -1.23. The standard InChI is InChI=1S/C40H58B2O4S4/c1-11-13-15-17-19-27-25-31(29-21-23-33(47-29)41-45-39(7,8)37(3,4)43)49-35(27)36-28(20-18-16-14-12-2)26-32(50-36)30-22-24-34(48-30)42-46-40(9,10)38(5,6)44/h21-26,43-44H,11-20H2,1-10H3. The summed E-state index contributed by atoms with van der Waals surface area (Å²) >= 11 is 7.36. The van der Waals surface area contributed by atoms with Crippen molar-refractivity contribution in [3.05, 3.63) is 47.5 Å². The van der Waals surface area contributed by atoms with E-state index in [1.807, 2.05) is 50.4 Å². The molecular weight excluding hydrogens is 694 g/mol. The molecule has 4 heterocycles. The fourth-order valence-electron chi connectivity index (χ4n) is 5.14. The van der Waals surface area contributed by atoms with Crippen LogP contribution in [0, 0.1) is 0 Å². The van der Waals surface area contributed by atoms with Crippen LogP contribution >= 0.6 is 45.3 Å². The highest BCUT2D eigenvalue weighted by Gasteiger charge is 2.37.